The highest BCUT2D eigenvalue weighted by molar-refractivity contribution is 5.86. The molecule has 0 saturated heterocycles. The van der Waals surface area contributed by atoms with Gasteiger partial charge in [0.05, 0.1) is 6.54 Å². The Hall–Kier alpha value is -1.79. The standard InChI is InChI=1S/C12H21N3O4/c1-7(2)5-9(11(17)18)15-12(19)13-6-10(16)14-8-3-4-8/h7-9H,3-6H2,1-2H3,(H,14,16)(H,17,18)(H2,13,15,19). The average molecular weight is 271 g/mol. The van der Waals surface area contributed by atoms with Crippen LogP contribution in [0.5, 0.6) is 0 Å². The van der Waals surface area contributed by atoms with Crippen molar-refractivity contribution >= 4 is 17.9 Å². The van der Waals surface area contributed by atoms with E-state index in [-0.39, 0.29) is 24.4 Å². The maximum Gasteiger partial charge on any atom is 0.326 e. The molecule has 1 unspecified atom stereocenters. The van der Waals surface area contributed by atoms with Crippen LogP contribution in [0.3, 0.4) is 0 Å². The van der Waals surface area contributed by atoms with Gasteiger partial charge in [-0.3, -0.25) is 4.79 Å². The van der Waals surface area contributed by atoms with Crippen molar-refractivity contribution in [2.45, 2.75) is 45.2 Å². The van der Waals surface area contributed by atoms with Gasteiger partial charge >= 0.3 is 12.0 Å². The molecule has 0 radical (unpaired) electrons. The summed E-state index contributed by atoms with van der Waals surface area (Å²) in [5.41, 5.74) is 0. The predicted octanol–water partition coefficient (Wildman–Crippen LogP) is 0.0635. The van der Waals surface area contributed by atoms with Gasteiger partial charge in [-0.1, -0.05) is 13.8 Å². The van der Waals surface area contributed by atoms with Crippen LogP contribution in [0.25, 0.3) is 0 Å². The van der Waals surface area contributed by atoms with Crippen molar-refractivity contribution in [3.63, 3.8) is 0 Å². The fraction of sp³-hybridized carbons (Fsp3) is 0.750. The quantitative estimate of drug-likeness (QED) is 0.525. The number of carboxylic acid groups (broad SMARTS) is 1. The van der Waals surface area contributed by atoms with E-state index in [0.29, 0.717) is 6.42 Å². The second-order valence-electron chi connectivity index (χ2n) is 5.19. The van der Waals surface area contributed by atoms with E-state index >= 15 is 0 Å². The minimum atomic E-state index is -1.08. The van der Waals surface area contributed by atoms with Crippen molar-refractivity contribution in [1.82, 2.24) is 16.0 Å². The van der Waals surface area contributed by atoms with E-state index in [9.17, 15) is 14.4 Å². The lowest BCUT2D eigenvalue weighted by atomic mass is 10.0. The van der Waals surface area contributed by atoms with Gasteiger partial charge < -0.3 is 21.1 Å². The molecule has 1 aliphatic carbocycles. The fourth-order valence-electron chi connectivity index (χ4n) is 1.57. The van der Waals surface area contributed by atoms with E-state index < -0.39 is 18.0 Å². The number of carbonyl (C=O) groups excluding carboxylic acids is 2. The summed E-state index contributed by atoms with van der Waals surface area (Å²) in [6, 6.07) is -1.34. The van der Waals surface area contributed by atoms with E-state index in [1.165, 1.54) is 0 Å². The lowest BCUT2D eigenvalue weighted by Crippen LogP contribution is -2.49. The van der Waals surface area contributed by atoms with Crippen molar-refractivity contribution in [1.29, 1.82) is 0 Å². The van der Waals surface area contributed by atoms with Gasteiger partial charge in [0.2, 0.25) is 5.91 Å². The van der Waals surface area contributed by atoms with Crippen molar-refractivity contribution in [2.75, 3.05) is 6.54 Å². The molecule has 0 spiro atoms. The van der Waals surface area contributed by atoms with Crippen LogP contribution in [0.15, 0.2) is 0 Å². The number of carboxylic acids is 1. The Morgan fingerprint density at radius 3 is 2.37 bits per heavy atom. The molecule has 0 aromatic rings. The number of carbonyl (C=O) groups is 3. The first kappa shape index (κ1) is 15.3. The highest BCUT2D eigenvalue weighted by Crippen LogP contribution is 2.18. The van der Waals surface area contributed by atoms with Crippen LogP contribution in [-0.2, 0) is 9.59 Å². The van der Waals surface area contributed by atoms with Gasteiger partial charge in [0.1, 0.15) is 6.04 Å². The molecule has 1 fully saturated rings. The minimum absolute atomic E-state index is 0.143. The molecule has 0 aromatic carbocycles. The lowest BCUT2D eigenvalue weighted by molar-refractivity contribution is -0.139. The van der Waals surface area contributed by atoms with Crippen LogP contribution in [0.2, 0.25) is 0 Å². The third-order valence-electron chi connectivity index (χ3n) is 2.66. The zero-order valence-corrected chi connectivity index (χ0v) is 11.2. The van der Waals surface area contributed by atoms with Gasteiger partial charge in [0, 0.05) is 6.04 Å². The van der Waals surface area contributed by atoms with Crippen molar-refractivity contribution in [2.24, 2.45) is 5.92 Å². The number of nitrogens with one attached hydrogen (secondary N) is 3. The second-order valence-corrected chi connectivity index (χ2v) is 5.19. The van der Waals surface area contributed by atoms with Crippen LogP contribution in [0, 0.1) is 5.92 Å². The van der Waals surface area contributed by atoms with E-state index in [1.807, 2.05) is 13.8 Å². The summed E-state index contributed by atoms with van der Waals surface area (Å²) in [7, 11) is 0. The maximum absolute atomic E-state index is 11.5. The molecule has 0 aliphatic heterocycles. The number of hydrogen-bond donors (Lipinski definition) is 4. The molecule has 0 heterocycles. The largest absolute Gasteiger partial charge is 0.480 e. The van der Waals surface area contributed by atoms with Crippen molar-refractivity contribution < 1.29 is 19.5 Å². The first-order valence-corrected chi connectivity index (χ1v) is 6.45. The van der Waals surface area contributed by atoms with Crippen LogP contribution >= 0.6 is 0 Å². The zero-order chi connectivity index (χ0) is 14.4. The number of amides is 3. The highest BCUT2D eigenvalue weighted by atomic mass is 16.4. The van der Waals surface area contributed by atoms with E-state index in [1.54, 1.807) is 0 Å². The minimum Gasteiger partial charge on any atom is -0.480 e. The summed E-state index contributed by atoms with van der Waals surface area (Å²) in [4.78, 5) is 33.7. The molecular weight excluding hydrogens is 250 g/mol. The number of aliphatic carboxylic acids is 1. The molecule has 108 valence electrons. The Balaban J connectivity index is 2.26. The van der Waals surface area contributed by atoms with Gasteiger partial charge in [0.15, 0.2) is 0 Å². The molecule has 1 rings (SSSR count). The van der Waals surface area contributed by atoms with Gasteiger partial charge in [-0.15, -0.1) is 0 Å². The monoisotopic (exact) mass is 271 g/mol. The summed E-state index contributed by atoms with van der Waals surface area (Å²) in [5, 5.41) is 16.4. The van der Waals surface area contributed by atoms with E-state index in [4.69, 9.17) is 5.11 Å². The van der Waals surface area contributed by atoms with Crippen molar-refractivity contribution in [3.05, 3.63) is 0 Å². The summed E-state index contributed by atoms with van der Waals surface area (Å²) >= 11 is 0. The third-order valence-corrected chi connectivity index (χ3v) is 2.66. The second kappa shape index (κ2) is 6.96. The Bertz CT molecular complexity index is 353. The van der Waals surface area contributed by atoms with Crippen LogP contribution in [0.1, 0.15) is 33.1 Å². The fourth-order valence-corrected chi connectivity index (χ4v) is 1.57. The normalized spacial score (nSPS) is 15.7. The molecule has 0 aromatic heterocycles. The van der Waals surface area contributed by atoms with E-state index in [0.717, 1.165) is 12.8 Å². The SMILES string of the molecule is CC(C)CC(NC(=O)NCC(=O)NC1CC1)C(=O)O. The molecule has 19 heavy (non-hydrogen) atoms. The van der Waals surface area contributed by atoms with Crippen molar-refractivity contribution in [3.8, 4) is 0 Å². The first-order valence-electron chi connectivity index (χ1n) is 6.45. The molecule has 0 bridgehead atoms. The summed E-state index contributed by atoms with van der Waals surface area (Å²) in [6.07, 6.45) is 2.30. The van der Waals surface area contributed by atoms with Crippen LogP contribution in [0.4, 0.5) is 4.79 Å². The van der Waals surface area contributed by atoms with Gasteiger partial charge in [0.25, 0.3) is 0 Å². The first-order chi connectivity index (χ1) is 8.88. The predicted molar refractivity (Wildman–Crippen MR) is 68.6 cm³/mol. The molecular formula is C12H21N3O4. The lowest BCUT2D eigenvalue weighted by Gasteiger charge is -2.16. The van der Waals surface area contributed by atoms with E-state index in [2.05, 4.69) is 16.0 Å². The number of hydrogen-bond acceptors (Lipinski definition) is 3. The number of urea groups is 1. The third kappa shape index (κ3) is 6.64. The molecule has 1 aliphatic rings. The topological polar surface area (TPSA) is 108 Å². The summed E-state index contributed by atoms with van der Waals surface area (Å²) in [6.45, 7) is 3.60. The molecule has 1 atom stereocenters. The van der Waals surface area contributed by atoms with Gasteiger partial charge in [-0.05, 0) is 25.2 Å². The molecule has 7 nitrogen and oxygen atoms in total. The Kier molecular flexibility index (Phi) is 5.59. The van der Waals surface area contributed by atoms with Crippen LogP contribution < -0.4 is 16.0 Å². The van der Waals surface area contributed by atoms with Gasteiger partial charge in [-0.25, -0.2) is 9.59 Å². The summed E-state index contributed by atoms with van der Waals surface area (Å²) < 4.78 is 0. The maximum atomic E-state index is 11.5. The van der Waals surface area contributed by atoms with Gasteiger partial charge in [-0.2, -0.15) is 0 Å². The molecule has 1 saturated carbocycles. The smallest absolute Gasteiger partial charge is 0.326 e. The molecule has 3 amide bonds. The Labute approximate surface area is 112 Å². The Morgan fingerprint density at radius 2 is 1.89 bits per heavy atom. The zero-order valence-electron chi connectivity index (χ0n) is 11.2. The molecule has 4 N–H and O–H groups in total. The Morgan fingerprint density at radius 1 is 1.26 bits per heavy atom. The average Bonchev–Trinajstić information content (AvgIpc) is 3.08. The highest BCUT2D eigenvalue weighted by Gasteiger charge is 2.24. The molecule has 7 heteroatoms. The number of rotatable bonds is 7. The summed E-state index contributed by atoms with van der Waals surface area (Å²) in [5.74, 6) is -1.18. The van der Waals surface area contributed by atoms with Crippen LogP contribution in [-0.4, -0.2) is 41.6 Å².